The van der Waals surface area contributed by atoms with Gasteiger partial charge in [0.05, 0.1) is 17.4 Å². The molecule has 0 saturated carbocycles. The molecule has 3 aromatic rings. The Labute approximate surface area is 170 Å². The smallest absolute Gasteiger partial charge is 0.229 e. The quantitative estimate of drug-likeness (QED) is 0.382. The van der Waals surface area contributed by atoms with E-state index in [1.807, 2.05) is 0 Å². The molecule has 160 valence electrons. The number of phenols is 1. The molecule has 5 atom stereocenters. The van der Waals surface area contributed by atoms with E-state index in [0.29, 0.717) is 27.5 Å². The summed E-state index contributed by atoms with van der Waals surface area (Å²) in [5, 5.41) is 51.1. The molecule has 0 radical (unpaired) electrons. The SMILES string of the molecule is Cc1cc(=O)c2c(C)cc3cc(O[C@@H]4O[C@H](CO)[C@@H](O)[C@H](O)[C@H]4O)cc(O)c3c2o1. The zero-order valence-corrected chi connectivity index (χ0v) is 16.3. The molecule has 1 saturated heterocycles. The summed E-state index contributed by atoms with van der Waals surface area (Å²) in [6.07, 6.45) is -7.18. The Morgan fingerprint density at radius 2 is 1.73 bits per heavy atom. The Balaban J connectivity index is 1.79. The number of aliphatic hydroxyl groups excluding tert-OH is 4. The molecule has 0 aliphatic carbocycles. The lowest BCUT2D eigenvalue weighted by atomic mass is 9.99. The third kappa shape index (κ3) is 3.30. The number of benzene rings is 2. The van der Waals surface area contributed by atoms with Gasteiger partial charge in [-0.15, -0.1) is 0 Å². The summed E-state index contributed by atoms with van der Waals surface area (Å²) in [5.74, 6) is 0.296. The Hall–Kier alpha value is -2.69. The molecule has 1 fully saturated rings. The predicted molar refractivity (Wildman–Crippen MR) is 106 cm³/mol. The number of rotatable bonds is 3. The first-order valence-corrected chi connectivity index (χ1v) is 9.39. The highest BCUT2D eigenvalue weighted by Gasteiger charge is 2.44. The number of aliphatic hydroxyl groups is 4. The van der Waals surface area contributed by atoms with Crippen molar-refractivity contribution < 1.29 is 39.4 Å². The van der Waals surface area contributed by atoms with Gasteiger partial charge in [0.1, 0.15) is 47.3 Å². The Morgan fingerprint density at radius 3 is 2.43 bits per heavy atom. The highest BCUT2D eigenvalue weighted by Crippen LogP contribution is 2.37. The van der Waals surface area contributed by atoms with Crippen LogP contribution in [0.3, 0.4) is 0 Å². The molecular formula is C21H22O9. The zero-order valence-electron chi connectivity index (χ0n) is 16.3. The number of phenolic OH excluding ortho intramolecular Hbond substituents is 1. The minimum Gasteiger partial charge on any atom is -0.507 e. The van der Waals surface area contributed by atoms with Gasteiger partial charge in [-0.3, -0.25) is 4.79 Å². The van der Waals surface area contributed by atoms with E-state index in [2.05, 4.69) is 0 Å². The molecule has 2 aromatic carbocycles. The second-order valence-electron chi connectivity index (χ2n) is 7.47. The van der Waals surface area contributed by atoms with Crippen molar-refractivity contribution in [3.05, 3.63) is 45.8 Å². The number of hydrogen-bond acceptors (Lipinski definition) is 9. The van der Waals surface area contributed by atoms with Gasteiger partial charge in [0.25, 0.3) is 0 Å². The monoisotopic (exact) mass is 418 g/mol. The molecule has 0 amide bonds. The van der Waals surface area contributed by atoms with Crippen LogP contribution in [0.15, 0.2) is 33.5 Å². The molecule has 9 heteroatoms. The van der Waals surface area contributed by atoms with Crippen molar-refractivity contribution in [3.8, 4) is 11.5 Å². The molecule has 9 nitrogen and oxygen atoms in total. The third-order valence-corrected chi connectivity index (χ3v) is 5.29. The van der Waals surface area contributed by atoms with Crippen molar-refractivity contribution in [1.29, 1.82) is 0 Å². The standard InChI is InChI=1S/C21H22O9/c1-8-3-10-5-11(29-21-19(27)18(26)17(25)14(7-22)30-21)6-13(24)16(10)20-15(8)12(23)4-9(2)28-20/h3-6,14,17-19,21-22,24-27H,7H2,1-2H3/t14-,17-,18+,19-,21-/m1/s1. The second kappa shape index (κ2) is 7.53. The predicted octanol–water partition coefficient (Wildman–Crippen LogP) is 0.447. The summed E-state index contributed by atoms with van der Waals surface area (Å²) in [6, 6.07) is 5.91. The fraction of sp³-hybridized carbons (Fsp3) is 0.381. The van der Waals surface area contributed by atoms with E-state index in [9.17, 15) is 30.3 Å². The molecule has 0 bridgehead atoms. The average molecular weight is 418 g/mol. The lowest BCUT2D eigenvalue weighted by Gasteiger charge is -2.39. The van der Waals surface area contributed by atoms with Gasteiger partial charge in [0, 0.05) is 12.1 Å². The summed E-state index contributed by atoms with van der Waals surface area (Å²) in [7, 11) is 0. The molecular weight excluding hydrogens is 396 g/mol. The van der Waals surface area contributed by atoms with Crippen LogP contribution >= 0.6 is 0 Å². The molecule has 2 heterocycles. The number of aryl methyl sites for hydroxylation is 2. The van der Waals surface area contributed by atoms with E-state index in [0.717, 1.165) is 0 Å². The van der Waals surface area contributed by atoms with Crippen LogP contribution in [-0.2, 0) is 4.74 Å². The zero-order chi connectivity index (χ0) is 21.7. The number of ether oxygens (including phenoxy) is 2. The van der Waals surface area contributed by atoms with E-state index in [-0.39, 0.29) is 22.5 Å². The van der Waals surface area contributed by atoms with Crippen LogP contribution in [0, 0.1) is 13.8 Å². The second-order valence-corrected chi connectivity index (χ2v) is 7.47. The lowest BCUT2D eigenvalue weighted by Crippen LogP contribution is -2.60. The number of fused-ring (bicyclic) bond motifs is 3. The highest BCUT2D eigenvalue weighted by atomic mass is 16.7. The van der Waals surface area contributed by atoms with Gasteiger partial charge in [-0.1, -0.05) is 6.07 Å². The van der Waals surface area contributed by atoms with Gasteiger partial charge in [0.2, 0.25) is 6.29 Å². The minimum absolute atomic E-state index is 0.109. The fourth-order valence-corrected chi connectivity index (χ4v) is 3.82. The summed E-state index contributed by atoms with van der Waals surface area (Å²) in [4.78, 5) is 12.4. The molecule has 4 rings (SSSR count). The molecule has 1 aliphatic heterocycles. The van der Waals surface area contributed by atoms with Gasteiger partial charge >= 0.3 is 0 Å². The fourth-order valence-electron chi connectivity index (χ4n) is 3.82. The Kier molecular flexibility index (Phi) is 5.16. The van der Waals surface area contributed by atoms with Crippen molar-refractivity contribution >= 4 is 21.7 Å². The third-order valence-electron chi connectivity index (χ3n) is 5.29. The van der Waals surface area contributed by atoms with E-state index in [4.69, 9.17) is 13.9 Å². The summed E-state index contributed by atoms with van der Waals surface area (Å²) < 4.78 is 16.7. The molecule has 1 aromatic heterocycles. The van der Waals surface area contributed by atoms with Crippen LogP contribution in [0.4, 0.5) is 0 Å². The van der Waals surface area contributed by atoms with Crippen molar-refractivity contribution in [2.45, 2.75) is 44.6 Å². The van der Waals surface area contributed by atoms with E-state index < -0.39 is 37.3 Å². The first-order valence-electron chi connectivity index (χ1n) is 9.39. The van der Waals surface area contributed by atoms with Crippen LogP contribution < -0.4 is 10.2 Å². The van der Waals surface area contributed by atoms with Crippen LogP contribution in [-0.4, -0.2) is 62.8 Å². The Bertz CT molecular complexity index is 1170. The van der Waals surface area contributed by atoms with E-state index in [1.165, 1.54) is 12.1 Å². The highest BCUT2D eigenvalue weighted by molar-refractivity contribution is 6.09. The largest absolute Gasteiger partial charge is 0.507 e. The molecule has 0 unspecified atom stereocenters. The molecule has 5 N–H and O–H groups in total. The van der Waals surface area contributed by atoms with Crippen LogP contribution in [0.25, 0.3) is 21.7 Å². The maximum Gasteiger partial charge on any atom is 0.229 e. The Morgan fingerprint density at radius 1 is 1.00 bits per heavy atom. The molecule has 1 aliphatic rings. The first kappa shape index (κ1) is 20.6. The van der Waals surface area contributed by atoms with Gasteiger partial charge < -0.3 is 39.4 Å². The van der Waals surface area contributed by atoms with Gasteiger partial charge in [-0.05, 0) is 30.9 Å². The maximum absolute atomic E-state index is 12.4. The number of hydrogen-bond donors (Lipinski definition) is 5. The van der Waals surface area contributed by atoms with Crippen molar-refractivity contribution in [1.82, 2.24) is 0 Å². The lowest BCUT2D eigenvalue weighted by molar-refractivity contribution is -0.277. The van der Waals surface area contributed by atoms with Crippen molar-refractivity contribution in [2.24, 2.45) is 0 Å². The normalized spacial score (nSPS) is 26.9. The van der Waals surface area contributed by atoms with Crippen LogP contribution in [0.1, 0.15) is 11.3 Å². The van der Waals surface area contributed by atoms with E-state index >= 15 is 0 Å². The van der Waals surface area contributed by atoms with Gasteiger partial charge in [0.15, 0.2) is 5.43 Å². The number of aromatic hydroxyl groups is 1. The molecule has 30 heavy (non-hydrogen) atoms. The van der Waals surface area contributed by atoms with Gasteiger partial charge in [-0.25, -0.2) is 0 Å². The topological polar surface area (TPSA) is 150 Å². The maximum atomic E-state index is 12.4. The van der Waals surface area contributed by atoms with Crippen molar-refractivity contribution in [3.63, 3.8) is 0 Å². The summed E-state index contributed by atoms with van der Waals surface area (Å²) >= 11 is 0. The van der Waals surface area contributed by atoms with Crippen LogP contribution in [0.2, 0.25) is 0 Å². The van der Waals surface area contributed by atoms with Crippen LogP contribution in [0.5, 0.6) is 11.5 Å². The van der Waals surface area contributed by atoms with Gasteiger partial charge in [-0.2, -0.15) is 0 Å². The molecule has 0 spiro atoms. The average Bonchev–Trinajstić information content (AvgIpc) is 2.67. The summed E-state index contributed by atoms with van der Waals surface area (Å²) in [6.45, 7) is 2.80. The summed E-state index contributed by atoms with van der Waals surface area (Å²) in [5.41, 5.74) is 0.691. The first-order chi connectivity index (χ1) is 14.2. The van der Waals surface area contributed by atoms with E-state index in [1.54, 1.807) is 26.0 Å². The minimum atomic E-state index is -1.58. The van der Waals surface area contributed by atoms with Crippen molar-refractivity contribution in [2.75, 3.05) is 6.61 Å².